The number of nitrogens with zero attached hydrogens (tertiary/aromatic N) is 2. The van der Waals surface area contributed by atoms with Gasteiger partial charge in [-0.05, 0) is 30.5 Å². The molecule has 0 amide bonds. The third-order valence-electron chi connectivity index (χ3n) is 3.36. The second-order valence-electron chi connectivity index (χ2n) is 4.87. The van der Waals surface area contributed by atoms with Gasteiger partial charge >= 0.3 is 0 Å². The van der Waals surface area contributed by atoms with Gasteiger partial charge in [0.05, 0.1) is 18.8 Å². The number of aliphatic hydroxyl groups is 1. The molecule has 1 aliphatic carbocycles. The van der Waals surface area contributed by atoms with Gasteiger partial charge in [-0.3, -0.25) is 0 Å². The lowest BCUT2D eigenvalue weighted by Gasteiger charge is -2.04. The van der Waals surface area contributed by atoms with E-state index in [2.05, 4.69) is 21.0 Å². The van der Waals surface area contributed by atoms with Crippen LogP contribution in [-0.2, 0) is 13.2 Å². The Morgan fingerprint density at radius 3 is 2.84 bits per heavy atom. The number of halogens is 2. The van der Waals surface area contributed by atoms with Gasteiger partial charge in [0.1, 0.15) is 5.15 Å². The van der Waals surface area contributed by atoms with Crippen LogP contribution < -0.4 is 0 Å². The van der Waals surface area contributed by atoms with Crippen LogP contribution in [0.25, 0.3) is 0 Å². The van der Waals surface area contributed by atoms with E-state index in [9.17, 15) is 5.11 Å². The molecule has 0 aliphatic heterocycles. The molecule has 1 aromatic heterocycles. The molecule has 0 spiro atoms. The van der Waals surface area contributed by atoms with Crippen LogP contribution in [0.3, 0.4) is 0 Å². The highest BCUT2D eigenvalue weighted by Gasteiger charge is 2.31. The molecule has 1 aromatic carbocycles. The molecule has 1 heterocycles. The molecule has 0 radical (unpaired) electrons. The normalized spacial score (nSPS) is 14.9. The Morgan fingerprint density at radius 2 is 2.21 bits per heavy atom. The molecule has 0 unspecified atom stereocenters. The van der Waals surface area contributed by atoms with Gasteiger partial charge in [-0.15, -0.1) is 0 Å². The van der Waals surface area contributed by atoms with Gasteiger partial charge in [0.25, 0.3) is 0 Å². The Labute approximate surface area is 125 Å². The van der Waals surface area contributed by atoms with E-state index in [-0.39, 0.29) is 6.61 Å². The fourth-order valence-electron chi connectivity index (χ4n) is 2.24. The lowest BCUT2D eigenvalue weighted by atomic mass is 10.2. The first kappa shape index (κ1) is 13.2. The van der Waals surface area contributed by atoms with Crippen LogP contribution in [0.15, 0.2) is 28.7 Å². The first-order chi connectivity index (χ1) is 9.19. The molecule has 0 atom stereocenters. The summed E-state index contributed by atoms with van der Waals surface area (Å²) in [6.07, 6.45) is 2.30. The number of benzene rings is 1. The van der Waals surface area contributed by atoms with Crippen molar-refractivity contribution in [1.82, 2.24) is 9.78 Å². The second-order valence-corrected chi connectivity index (χ2v) is 6.15. The van der Waals surface area contributed by atoms with Gasteiger partial charge in [-0.25, -0.2) is 4.68 Å². The van der Waals surface area contributed by atoms with E-state index in [1.807, 2.05) is 24.3 Å². The highest BCUT2D eigenvalue weighted by molar-refractivity contribution is 9.10. The van der Waals surface area contributed by atoms with Crippen molar-refractivity contribution in [2.75, 3.05) is 0 Å². The summed E-state index contributed by atoms with van der Waals surface area (Å²) < 4.78 is 2.82. The number of aliphatic hydroxyl groups excluding tert-OH is 1. The summed E-state index contributed by atoms with van der Waals surface area (Å²) in [5, 5.41) is 14.6. The molecule has 2 aromatic rings. The Kier molecular flexibility index (Phi) is 3.65. The van der Waals surface area contributed by atoms with Crippen molar-refractivity contribution >= 4 is 27.5 Å². The third kappa shape index (κ3) is 2.71. The SMILES string of the molecule is OCc1c(C2CC2)nn(Cc2cccc(Br)c2)c1Cl. The molecule has 5 heteroatoms. The van der Waals surface area contributed by atoms with Crippen LogP contribution >= 0.6 is 27.5 Å². The van der Waals surface area contributed by atoms with E-state index in [0.717, 1.165) is 34.1 Å². The monoisotopic (exact) mass is 340 g/mol. The lowest BCUT2D eigenvalue weighted by molar-refractivity contribution is 0.280. The van der Waals surface area contributed by atoms with E-state index >= 15 is 0 Å². The maximum atomic E-state index is 9.45. The average Bonchev–Trinajstić information content (AvgIpc) is 3.17. The maximum absolute atomic E-state index is 9.45. The van der Waals surface area contributed by atoms with Gasteiger partial charge in [-0.1, -0.05) is 39.7 Å². The molecule has 1 saturated carbocycles. The maximum Gasteiger partial charge on any atom is 0.133 e. The van der Waals surface area contributed by atoms with Crippen LogP contribution in [0.4, 0.5) is 0 Å². The standard InChI is InChI=1S/C14H14BrClN2O/c15-11-3-1-2-9(6-11)7-18-14(16)12(8-19)13(17-18)10-4-5-10/h1-3,6,10,19H,4-5,7-8H2. The number of hydrogen-bond donors (Lipinski definition) is 1. The van der Waals surface area contributed by atoms with Gasteiger partial charge in [0, 0.05) is 16.0 Å². The highest BCUT2D eigenvalue weighted by atomic mass is 79.9. The van der Waals surface area contributed by atoms with Gasteiger partial charge in [0.2, 0.25) is 0 Å². The summed E-state index contributed by atoms with van der Waals surface area (Å²) in [4.78, 5) is 0. The summed E-state index contributed by atoms with van der Waals surface area (Å²) in [6.45, 7) is 0.584. The van der Waals surface area contributed by atoms with Crippen molar-refractivity contribution in [2.24, 2.45) is 0 Å². The zero-order valence-corrected chi connectivity index (χ0v) is 12.7. The zero-order valence-electron chi connectivity index (χ0n) is 10.3. The molecule has 1 N–H and O–H groups in total. The van der Waals surface area contributed by atoms with Crippen LogP contribution in [0.5, 0.6) is 0 Å². The molecule has 0 bridgehead atoms. The first-order valence-electron chi connectivity index (χ1n) is 6.29. The molecule has 100 valence electrons. The van der Waals surface area contributed by atoms with Crippen molar-refractivity contribution in [3.05, 3.63) is 50.7 Å². The van der Waals surface area contributed by atoms with E-state index in [0.29, 0.717) is 17.6 Å². The van der Waals surface area contributed by atoms with E-state index in [4.69, 9.17) is 11.6 Å². The van der Waals surface area contributed by atoms with Gasteiger partial charge in [0.15, 0.2) is 0 Å². The molecular weight excluding hydrogens is 328 g/mol. The molecule has 1 fully saturated rings. The first-order valence-corrected chi connectivity index (χ1v) is 7.46. The van der Waals surface area contributed by atoms with Gasteiger partial charge in [-0.2, -0.15) is 5.10 Å². The summed E-state index contributed by atoms with van der Waals surface area (Å²) in [5.74, 6) is 0.489. The lowest BCUT2D eigenvalue weighted by Crippen LogP contribution is -2.02. The molecule has 0 saturated heterocycles. The summed E-state index contributed by atoms with van der Waals surface area (Å²) in [5.41, 5.74) is 2.90. The minimum Gasteiger partial charge on any atom is -0.391 e. The van der Waals surface area contributed by atoms with E-state index in [1.165, 1.54) is 0 Å². The Morgan fingerprint density at radius 1 is 1.42 bits per heavy atom. The van der Waals surface area contributed by atoms with Crippen LogP contribution in [0.2, 0.25) is 5.15 Å². The predicted octanol–water partition coefficient (Wildman–Crippen LogP) is 3.72. The third-order valence-corrected chi connectivity index (χ3v) is 4.27. The Balaban J connectivity index is 1.92. The van der Waals surface area contributed by atoms with Crippen molar-refractivity contribution < 1.29 is 5.11 Å². The molecule has 3 nitrogen and oxygen atoms in total. The number of rotatable bonds is 4. The smallest absolute Gasteiger partial charge is 0.133 e. The molecule has 1 aliphatic rings. The van der Waals surface area contributed by atoms with E-state index < -0.39 is 0 Å². The van der Waals surface area contributed by atoms with Crippen LogP contribution in [0.1, 0.15) is 35.6 Å². The number of aromatic nitrogens is 2. The largest absolute Gasteiger partial charge is 0.391 e. The average molecular weight is 342 g/mol. The zero-order chi connectivity index (χ0) is 13.4. The van der Waals surface area contributed by atoms with Crippen molar-refractivity contribution in [1.29, 1.82) is 0 Å². The summed E-state index contributed by atoms with van der Waals surface area (Å²) >= 11 is 9.78. The fraction of sp³-hybridized carbons (Fsp3) is 0.357. The molecule has 19 heavy (non-hydrogen) atoms. The Bertz CT molecular complexity index is 607. The highest BCUT2D eigenvalue weighted by Crippen LogP contribution is 2.42. The molecular formula is C14H14BrClN2O. The van der Waals surface area contributed by atoms with Crippen LogP contribution in [0, 0.1) is 0 Å². The van der Waals surface area contributed by atoms with Gasteiger partial charge < -0.3 is 5.11 Å². The van der Waals surface area contributed by atoms with Crippen molar-refractivity contribution in [3.63, 3.8) is 0 Å². The second kappa shape index (κ2) is 5.27. The minimum atomic E-state index is -0.0385. The Hall–Kier alpha value is -0.840. The summed E-state index contributed by atoms with van der Waals surface area (Å²) in [7, 11) is 0. The van der Waals surface area contributed by atoms with Crippen LogP contribution in [-0.4, -0.2) is 14.9 Å². The summed E-state index contributed by atoms with van der Waals surface area (Å²) in [6, 6.07) is 8.07. The quantitative estimate of drug-likeness (QED) is 0.920. The fourth-order valence-corrected chi connectivity index (χ4v) is 2.94. The van der Waals surface area contributed by atoms with Crippen molar-refractivity contribution in [3.8, 4) is 0 Å². The number of hydrogen-bond acceptors (Lipinski definition) is 2. The van der Waals surface area contributed by atoms with Crippen molar-refractivity contribution in [2.45, 2.75) is 31.9 Å². The van der Waals surface area contributed by atoms with E-state index in [1.54, 1.807) is 4.68 Å². The topological polar surface area (TPSA) is 38.1 Å². The minimum absolute atomic E-state index is 0.0385. The predicted molar refractivity (Wildman–Crippen MR) is 78.4 cm³/mol. The molecule has 3 rings (SSSR count).